The van der Waals surface area contributed by atoms with Gasteiger partial charge in [0.25, 0.3) is 0 Å². The zero-order chi connectivity index (χ0) is 11.4. The van der Waals surface area contributed by atoms with Gasteiger partial charge in [-0.25, -0.2) is 0 Å². The molecule has 16 heavy (non-hydrogen) atoms. The number of rotatable bonds is 3. The maximum atomic E-state index is 11.9. The molecule has 0 aromatic heterocycles. The van der Waals surface area contributed by atoms with Gasteiger partial charge in [0.15, 0.2) is 5.78 Å². The molecule has 1 aliphatic heterocycles. The lowest BCUT2D eigenvalue weighted by Gasteiger charge is -2.22. The normalized spacial score (nSPS) is 20.6. The van der Waals surface area contributed by atoms with E-state index >= 15 is 0 Å². The fourth-order valence-corrected chi connectivity index (χ4v) is 2.10. The zero-order valence-corrected chi connectivity index (χ0v) is 9.28. The van der Waals surface area contributed by atoms with Crippen LogP contribution in [-0.2, 0) is 11.2 Å². The zero-order valence-electron chi connectivity index (χ0n) is 9.28. The van der Waals surface area contributed by atoms with Gasteiger partial charge in [-0.2, -0.15) is 0 Å². The molecule has 1 heterocycles. The Bertz CT molecular complexity index is 370. The molecular formula is C13H17NO2. The molecule has 0 saturated carbocycles. The van der Waals surface area contributed by atoms with E-state index in [9.17, 15) is 9.90 Å². The van der Waals surface area contributed by atoms with Gasteiger partial charge in [-0.05, 0) is 25.5 Å². The molecule has 2 rings (SSSR count). The minimum Gasteiger partial charge on any atom is -0.508 e. The fourth-order valence-electron chi connectivity index (χ4n) is 2.10. The molecule has 3 heteroatoms. The molecule has 86 valence electrons. The third-order valence-corrected chi connectivity index (χ3v) is 3.06. The van der Waals surface area contributed by atoms with Crippen LogP contribution < -0.4 is 5.32 Å². The highest BCUT2D eigenvalue weighted by molar-refractivity contribution is 5.86. The van der Waals surface area contributed by atoms with Crippen molar-refractivity contribution in [1.29, 1.82) is 0 Å². The summed E-state index contributed by atoms with van der Waals surface area (Å²) < 4.78 is 0. The van der Waals surface area contributed by atoms with Crippen molar-refractivity contribution < 1.29 is 9.90 Å². The van der Waals surface area contributed by atoms with Crippen LogP contribution in [0.1, 0.15) is 24.8 Å². The third kappa shape index (κ3) is 2.61. The molecule has 3 nitrogen and oxygen atoms in total. The van der Waals surface area contributed by atoms with Gasteiger partial charge in [0, 0.05) is 12.0 Å². The lowest BCUT2D eigenvalue weighted by atomic mass is 9.96. The summed E-state index contributed by atoms with van der Waals surface area (Å²) in [7, 11) is 0. The maximum Gasteiger partial charge on any atom is 0.154 e. The van der Waals surface area contributed by atoms with Gasteiger partial charge in [0.1, 0.15) is 5.75 Å². The molecule has 0 spiro atoms. The molecule has 1 aliphatic rings. The monoisotopic (exact) mass is 219 g/mol. The number of piperidine rings is 1. The quantitative estimate of drug-likeness (QED) is 0.812. The molecule has 2 N–H and O–H groups in total. The van der Waals surface area contributed by atoms with E-state index in [0.717, 1.165) is 31.4 Å². The van der Waals surface area contributed by atoms with Crippen LogP contribution in [0.25, 0.3) is 0 Å². The number of phenolic OH excluding ortho intramolecular Hbond substituents is 1. The second kappa shape index (κ2) is 5.12. The standard InChI is InChI=1S/C13H17NO2/c15-12-7-2-1-5-10(12)9-13(16)11-6-3-4-8-14-11/h1-2,5,7,11,14-15H,3-4,6,8-9H2. The van der Waals surface area contributed by atoms with Crippen molar-refractivity contribution in [2.45, 2.75) is 31.7 Å². The third-order valence-electron chi connectivity index (χ3n) is 3.06. The van der Waals surface area contributed by atoms with E-state index < -0.39 is 0 Å². The van der Waals surface area contributed by atoms with Gasteiger partial charge in [0.05, 0.1) is 6.04 Å². The van der Waals surface area contributed by atoms with Crippen LogP contribution in [0.3, 0.4) is 0 Å². The largest absolute Gasteiger partial charge is 0.508 e. The van der Waals surface area contributed by atoms with Crippen LogP contribution in [0.5, 0.6) is 5.75 Å². The second-order valence-corrected chi connectivity index (χ2v) is 4.27. The van der Waals surface area contributed by atoms with E-state index in [-0.39, 0.29) is 17.6 Å². The van der Waals surface area contributed by atoms with E-state index in [2.05, 4.69) is 5.32 Å². The summed E-state index contributed by atoms with van der Waals surface area (Å²) in [4.78, 5) is 11.9. The molecule has 1 fully saturated rings. The summed E-state index contributed by atoms with van der Waals surface area (Å²) in [6.45, 7) is 0.928. The Hall–Kier alpha value is -1.35. The summed E-state index contributed by atoms with van der Waals surface area (Å²) >= 11 is 0. The minimum absolute atomic E-state index is 0.0200. The SMILES string of the molecule is O=C(Cc1ccccc1O)C1CCCCN1. The van der Waals surface area contributed by atoms with Crippen LogP contribution in [0, 0.1) is 0 Å². The number of carbonyl (C=O) groups is 1. The van der Waals surface area contributed by atoms with Gasteiger partial charge in [-0.15, -0.1) is 0 Å². The van der Waals surface area contributed by atoms with E-state index in [1.165, 1.54) is 0 Å². The summed E-state index contributed by atoms with van der Waals surface area (Å²) in [5.41, 5.74) is 0.722. The first-order valence-corrected chi connectivity index (χ1v) is 5.80. The van der Waals surface area contributed by atoms with E-state index in [1.54, 1.807) is 18.2 Å². The molecule has 0 aliphatic carbocycles. The molecule has 1 saturated heterocycles. The smallest absolute Gasteiger partial charge is 0.154 e. The first-order chi connectivity index (χ1) is 7.77. The number of nitrogens with one attached hydrogen (secondary N) is 1. The molecule has 1 unspecified atom stereocenters. The van der Waals surface area contributed by atoms with E-state index in [0.29, 0.717) is 6.42 Å². The topological polar surface area (TPSA) is 49.3 Å². The molecule has 0 amide bonds. The average Bonchev–Trinajstić information content (AvgIpc) is 2.33. The number of hydrogen-bond acceptors (Lipinski definition) is 3. The predicted molar refractivity (Wildman–Crippen MR) is 62.5 cm³/mol. The highest BCUT2D eigenvalue weighted by Gasteiger charge is 2.21. The number of Topliss-reactive ketones (excluding diaryl/α,β-unsaturated/α-hetero) is 1. The average molecular weight is 219 g/mol. The van der Waals surface area contributed by atoms with Crippen molar-refractivity contribution in [3.8, 4) is 5.75 Å². The molecule has 1 aromatic carbocycles. The lowest BCUT2D eigenvalue weighted by molar-refractivity contribution is -0.120. The van der Waals surface area contributed by atoms with Crippen LogP contribution in [0.4, 0.5) is 0 Å². The Morgan fingerprint density at radius 2 is 2.19 bits per heavy atom. The number of para-hydroxylation sites is 1. The van der Waals surface area contributed by atoms with Gasteiger partial charge >= 0.3 is 0 Å². The highest BCUT2D eigenvalue weighted by atomic mass is 16.3. The predicted octanol–water partition coefficient (Wildman–Crippen LogP) is 1.65. The number of carbonyl (C=O) groups excluding carboxylic acids is 1. The summed E-state index contributed by atoms with van der Waals surface area (Å²) in [6.07, 6.45) is 3.52. The minimum atomic E-state index is -0.0200. The van der Waals surface area contributed by atoms with Crippen LogP contribution >= 0.6 is 0 Å². The number of benzene rings is 1. The van der Waals surface area contributed by atoms with Gasteiger partial charge in [-0.1, -0.05) is 24.6 Å². The van der Waals surface area contributed by atoms with E-state index in [1.807, 2.05) is 6.07 Å². The number of hydrogen-bond donors (Lipinski definition) is 2. The summed E-state index contributed by atoms with van der Waals surface area (Å²) in [5, 5.41) is 12.8. The maximum absolute atomic E-state index is 11.9. The van der Waals surface area contributed by atoms with Crippen LogP contribution in [0.2, 0.25) is 0 Å². The Morgan fingerprint density at radius 1 is 1.38 bits per heavy atom. The second-order valence-electron chi connectivity index (χ2n) is 4.27. The highest BCUT2D eigenvalue weighted by Crippen LogP contribution is 2.18. The van der Waals surface area contributed by atoms with Crippen molar-refractivity contribution in [3.63, 3.8) is 0 Å². The Kier molecular flexibility index (Phi) is 3.57. The first-order valence-electron chi connectivity index (χ1n) is 5.80. The van der Waals surface area contributed by atoms with Gasteiger partial charge < -0.3 is 10.4 Å². The molecule has 0 radical (unpaired) electrons. The first kappa shape index (κ1) is 11.1. The molecular weight excluding hydrogens is 202 g/mol. The van der Waals surface area contributed by atoms with Crippen molar-refractivity contribution in [2.75, 3.05) is 6.54 Å². The van der Waals surface area contributed by atoms with Gasteiger partial charge in [-0.3, -0.25) is 4.79 Å². The Labute approximate surface area is 95.5 Å². The molecule has 0 bridgehead atoms. The van der Waals surface area contributed by atoms with Crippen molar-refractivity contribution >= 4 is 5.78 Å². The number of aromatic hydroxyl groups is 1. The van der Waals surface area contributed by atoms with E-state index in [4.69, 9.17) is 0 Å². The van der Waals surface area contributed by atoms with Crippen molar-refractivity contribution in [2.24, 2.45) is 0 Å². The summed E-state index contributed by atoms with van der Waals surface area (Å²) in [6, 6.07) is 7.01. The van der Waals surface area contributed by atoms with Gasteiger partial charge in [0.2, 0.25) is 0 Å². The fraction of sp³-hybridized carbons (Fsp3) is 0.462. The number of ketones is 1. The lowest BCUT2D eigenvalue weighted by Crippen LogP contribution is -2.41. The number of phenols is 1. The van der Waals surface area contributed by atoms with Crippen molar-refractivity contribution in [3.05, 3.63) is 29.8 Å². The summed E-state index contributed by atoms with van der Waals surface area (Å²) in [5.74, 6) is 0.396. The van der Waals surface area contributed by atoms with Crippen LogP contribution in [-0.4, -0.2) is 23.5 Å². The Balaban J connectivity index is 1.99. The van der Waals surface area contributed by atoms with Crippen LogP contribution in [0.15, 0.2) is 24.3 Å². The molecule has 1 aromatic rings. The van der Waals surface area contributed by atoms with Crippen molar-refractivity contribution in [1.82, 2.24) is 5.32 Å². The molecule has 1 atom stereocenters. The Morgan fingerprint density at radius 3 is 2.88 bits per heavy atom.